The lowest BCUT2D eigenvalue weighted by Crippen LogP contribution is -2.12. The van der Waals surface area contributed by atoms with Gasteiger partial charge < -0.3 is 16.8 Å². The lowest BCUT2D eigenvalue weighted by Gasteiger charge is -2.10. The minimum atomic E-state index is -0.394. The van der Waals surface area contributed by atoms with Crippen LogP contribution in [0.2, 0.25) is 0 Å². The lowest BCUT2D eigenvalue weighted by atomic mass is 10.1. The fourth-order valence-electron chi connectivity index (χ4n) is 2.24. The number of hydrogen-bond acceptors (Lipinski definition) is 3. The molecule has 0 aliphatic carbocycles. The van der Waals surface area contributed by atoms with Crippen LogP contribution in [0.3, 0.4) is 0 Å². The van der Waals surface area contributed by atoms with E-state index in [1.54, 1.807) is 6.07 Å². The van der Waals surface area contributed by atoms with Crippen LogP contribution in [0, 0.1) is 6.92 Å². The van der Waals surface area contributed by atoms with Crippen LogP contribution in [0.25, 0.3) is 0 Å². The van der Waals surface area contributed by atoms with Crippen LogP contribution in [0.5, 0.6) is 0 Å². The molecule has 5 N–H and O–H groups in total. The van der Waals surface area contributed by atoms with Crippen molar-refractivity contribution in [2.24, 2.45) is 11.5 Å². The number of anilines is 1. The van der Waals surface area contributed by atoms with Gasteiger partial charge in [-0.3, -0.25) is 4.79 Å². The maximum Gasteiger partial charge on any atom is 0.248 e. The Labute approximate surface area is 125 Å². The highest BCUT2D eigenvalue weighted by Gasteiger charge is 2.05. The number of primary amides is 1. The second-order valence-electron chi connectivity index (χ2n) is 5.10. The van der Waals surface area contributed by atoms with Gasteiger partial charge in [0, 0.05) is 17.8 Å². The molecular weight excluding hydrogens is 262 g/mol. The van der Waals surface area contributed by atoms with Gasteiger partial charge in [0.2, 0.25) is 5.91 Å². The lowest BCUT2D eigenvalue weighted by molar-refractivity contribution is 0.1000. The molecular formula is C17H21N3O. The number of nitrogens with two attached hydrogens (primary N) is 2. The smallest absolute Gasteiger partial charge is 0.248 e. The van der Waals surface area contributed by atoms with Crippen molar-refractivity contribution in [1.82, 2.24) is 0 Å². The average molecular weight is 283 g/mol. The molecule has 0 saturated carbocycles. The van der Waals surface area contributed by atoms with Crippen molar-refractivity contribution in [1.29, 1.82) is 0 Å². The van der Waals surface area contributed by atoms with E-state index in [2.05, 4.69) is 29.6 Å². The van der Waals surface area contributed by atoms with Gasteiger partial charge in [-0.15, -0.1) is 0 Å². The van der Waals surface area contributed by atoms with Gasteiger partial charge in [-0.2, -0.15) is 0 Å². The van der Waals surface area contributed by atoms with Crippen molar-refractivity contribution in [2.45, 2.75) is 19.9 Å². The summed E-state index contributed by atoms with van der Waals surface area (Å²) in [6.45, 7) is 3.29. The van der Waals surface area contributed by atoms with E-state index >= 15 is 0 Å². The van der Waals surface area contributed by atoms with Crippen molar-refractivity contribution in [3.8, 4) is 0 Å². The highest BCUT2D eigenvalue weighted by Crippen LogP contribution is 2.16. The first-order valence-electron chi connectivity index (χ1n) is 7.02. The van der Waals surface area contributed by atoms with Gasteiger partial charge >= 0.3 is 0 Å². The predicted molar refractivity (Wildman–Crippen MR) is 86.2 cm³/mol. The molecule has 2 aromatic carbocycles. The number of carbonyl (C=O) groups is 1. The van der Waals surface area contributed by atoms with E-state index in [4.69, 9.17) is 11.5 Å². The average Bonchev–Trinajstić information content (AvgIpc) is 2.46. The van der Waals surface area contributed by atoms with Gasteiger partial charge in [0.05, 0.1) is 0 Å². The van der Waals surface area contributed by atoms with E-state index in [1.165, 1.54) is 11.1 Å². The Morgan fingerprint density at radius 3 is 2.33 bits per heavy atom. The number of aryl methyl sites for hydroxylation is 1. The molecule has 0 heterocycles. The molecule has 1 amide bonds. The molecule has 0 aliphatic rings. The number of amides is 1. The Bertz CT molecular complexity index is 620. The highest BCUT2D eigenvalue weighted by molar-refractivity contribution is 5.94. The van der Waals surface area contributed by atoms with E-state index in [9.17, 15) is 4.79 Å². The Morgan fingerprint density at radius 2 is 1.76 bits per heavy atom. The monoisotopic (exact) mass is 283 g/mol. The zero-order valence-corrected chi connectivity index (χ0v) is 12.2. The number of nitrogens with one attached hydrogen (secondary N) is 1. The largest absolute Gasteiger partial charge is 0.381 e. The first-order valence-corrected chi connectivity index (χ1v) is 7.02. The number of benzene rings is 2. The third-order valence-corrected chi connectivity index (χ3v) is 3.44. The van der Waals surface area contributed by atoms with E-state index in [-0.39, 0.29) is 0 Å². The van der Waals surface area contributed by atoms with Crippen molar-refractivity contribution in [2.75, 3.05) is 11.9 Å². The van der Waals surface area contributed by atoms with Crippen molar-refractivity contribution in [3.63, 3.8) is 0 Å². The van der Waals surface area contributed by atoms with Crippen LogP contribution >= 0.6 is 0 Å². The third-order valence-electron chi connectivity index (χ3n) is 3.44. The van der Waals surface area contributed by atoms with Gasteiger partial charge in [0.15, 0.2) is 0 Å². The first kappa shape index (κ1) is 15.1. The SMILES string of the molecule is Cc1cc(NCc2ccc(CCN)cc2)ccc1C(N)=O. The van der Waals surface area contributed by atoms with Crippen LogP contribution in [0.1, 0.15) is 27.0 Å². The summed E-state index contributed by atoms with van der Waals surface area (Å²) in [7, 11) is 0. The molecule has 0 bridgehead atoms. The van der Waals surface area contributed by atoms with E-state index in [1.807, 2.05) is 19.1 Å². The molecule has 2 aromatic rings. The molecule has 0 fully saturated rings. The first-order chi connectivity index (χ1) is 10.1. The van der Waals surface area contributed by atoms with E-state index in [0.717, 1.165) is 24.2 Å². The molecule has 0 unspecified atom stereocenters. The fraction of sp³-hybridized carbons (Fsp3) is 0.235. The molecule has 4 heteroatoms. The van der Waals surface area contributed by atoms with Gasteiger partial charge in [0.1, 0.15) is 0 Å². The third kappa shape index (κ3) is 4.07. The Hall–Kier alpha value is -2.33. The Morgan fingerprint density at radius 1 is 1.10 bits per heavy atom. The standard InChI is InChI=1S/C17H21N3O/c1-12-10-15(6-7-16(12)17(19)21)20-11-14-4-2-13(3-5-14)8-9-18/h2-7,10,20H,8-9,11,18H2,1H3,(H2,19,21). The summed E-state index contributed by atoms with van der Waals surface area (Å²) >= 11 is 0. The normalized spacial score (nSPS) is 10.4. The molecule has 0 aromatic heterocycles. The summed E-state index contributed by atoms with van der Waals surface area (Å²) in [6, 6.07) is 14.0. The highest BCUT2D eigenvalue weighted by atomic mass is 16.1. The number of hydrogen-bond donors (Lipinski definition) is 3. The molecule has 0 atom stereocenters. The Balaban J connectivity index is 1.99. The fourth-order valence-corrected chi connectivity index (χ4v) is 2.24. The summed E-state index contributed by atoms with van der Waals surface area (Å²) in [6.07, 6.45) is 0.904. The van der Waals surface area contributed by atoms with Crippen molar-refractivity contribution < 1.29 is 4.79 Å². The van der Waals surface area contributed by atoms with E-state index < -0.39 is 5.91 Å². The van der Waals surface area contributed by atoms with Crippen molar-refractivity contribution in [3.05, 3.63) is 64.7 Å². The van der Waals surface area contributed by atoms with Crippen LogP contribution in [0.4, 0.5) is 5.69 Å². The molecule has 0 aliphatic heterocycles. The maximum absolute atomic E-state index is 11.2. The van der Waals surface area contributed by atoms with Crippen molar-refractivity contribution >= 4 is 11.6 Å². The maximum atomic E-state index is 11.2. The van der Waals surface area contributed by atoms with E-state index in [0.29, 0.717) is 12.1 Å². The summed E-state index contributed by atoms with van der Waals surface area (Å²) in [5, 5.41) is 3.34. The van der Waals surface area contributed by atoms with Crippen LogP contribution in [0.15, 0.2) is 42.5 Å². The molecule has 4 nitrogen and oxygen atoms in total. The second-order valence-corrected chi connectivity index (χ2v) is 5.10. The Kier molecular flexibility index (Phi) is 4.95. The second kappa shape index (κ2) is 6.90. The molecule has 0 saturated heterocycles. The molecule has 0 radical (unpaired) electrons. The predicted octanol–water partition coefficient (Wildman–Crippen LogP) is 2.21. The number of carbonyl (C=O) groups excluding carboxylic acids is 1. The molecule has 21 heavy (non-hydrogen) atoms. The van der Waals surface area contributed by atoms with Gasteiger partial charge in [0.25, 0.3) is 0 Å². The molecule has 110 valence electrons. The van der Waals surface area contributed by atoms with Crippen LogP contribution < -0.4 is 16.8 Å². The van der Waals surface area contributed by atoms with Gasteiger partial charge in [-0.25, -0.2) is 0 Å². The topological polar surface area (TPSA) is 81.1 Å². The quantitative estimate of drug-likeness (QED) is 0.760. The summed E-state index contributed by atoms with van der Waals surface area (Å²) in [5.74, 6) is -0.394. The van der Waals surface area contributed by atoms with Gasteiger partial charge in [-0.1, -0.05) is 24.3 Å². The molecule has 2 rings (SSSR count). The number of rotatable bonds is 6. The zero-order valence-electron chi connectivity index (χ0n) is 12.2. The van der Waals surface area contributed by atoms with Crippen LogP contribution in [-0.4, -0.2) is 12.5 Å². The zero-order chi connectivity index (χ0) is 15.2. The summed E-state index contributed by atoms with van der Waals surface area (Å²) in [5.41, 5.74) is 15.7. The summed E-state index contributed by atoms with van der Waals surface area (Å²) < 4.78 is 0. The minimum Gasteiger partial charge on any atom is -0.381 e. The van der Waals surface area contributed by atoms with Crippen LogP contribution in [-0.2, 0) is 13.0 Å². The molecule has 0 spiro atoms. The van der Waals surface area contributed by atoms with Gasteiger partial charge in [-0.05, 0) is 54.8 Å². The minimum absolute atomic E-state index is 0.394. The summed E-state index contributed by atoms with van der Waals surface area (Å²) in [4.78, 5) is 11.2.